The van der Waals surface area contributed by atoms with Crippen LogP contribution in [-0.2, 0) is 4.79 Å². The monoisotopic (exact) mass is 391 g/mol. The fourth-order valence-corrected chi connectivity index (χ4v) is 3.27. The predicted molar refractivity (Wildman–Crippen MR) is 103 cm³/mol. The second-order valence-electron chi connectivity index (χ2n) is 5.19. The van der Waals surface area contributed by atoms with Gasteiger partial charge in [-0.05, 0) is 23.8 Å². The number of hydrogen-bond acceptors (Lipinski definition) is 3. The average Bonchev–Trinajstić information content (AvgIpc) is 2.59. The number of carbonyl (C=O) groups is 1. The number of halogens is 3. The second kappa shape index (κ2) is 7.31. The number of amides is 1. The van der Waals surface area contributed by atoms with E-state index in [0.717, 1.165) is 5.56 Å². The maximum absolute atomic E-state index is 12.1. The number of allylic oxidation sites excluding steroid dienone is 2. The number of nitrogens with zero attached hydrogens (tertiary/aromatic N) is 1. The number of hydrazone groups is 1. The molecule has 0 bridgehead atoms. The number of primary amides is 1. The Kier molecular flexibility index (Phi) is 5.13. The van der Waals surface area contributed by atoms with Crippen LogP contribution < -0.4 is 11.2 Å². The zero-order valence-corrected chi connectivity index (χ0v) is 15.0. The lowest BCUT2D eigenvalue weighted by Crippen LogP contribution is -2.22. The van der Waals surface area contributed by atoms with Gasteiger partial charge in [0.05, 0.1) is 21.3 Å². The van der Waals surface area contributed by atoms with Crippen molar-refractivity contribution in [3.63, 3.8) is 0 Å². The van der Waals surface area contributed by atoms with E-state index < -0.39 is 5.91 Å². The summed E-state index contributed by atoms with van der Waals surface area (Å²) in [7, 11) is 0. The Labute approximate surface area is 159 Å². The molecule has 7 heteroatoms. The first kappa shape index (κ1) is 17.5. The SMILES string of the molecule is NC(=O)/C(=C1/C=C(c2ccccc2)C(Cl)=NN1)c1c(Cl)cccc1Cl. The van der Waals surface area contributed by atoms with Crippen molar-refractivity contribution in [1.29, 1.82) is 0 Å². The van der Waals surface area contributed by atoms with Gasteiger partial charge in [-0.2, -0.15) is 5.10 Å². The van der Waals surface area contributed by atoms with Crippen LogP contribution in [0.4, 0.5) is 0 Å². The number of rotatable bonds is 3. The van der Waals surface area contributed by atoms with E-state index in [1.54, 1.807) is 24.3 Å². The Balaban J connectivity index is 2.23. The summed E-state index contributed by atoms with van der Waals surface area (Å²) in [6.45, 7) is 0. The molecular weight excluding hydrogens is 381 g/mol. The normalized spacial score (nSPS) is 15.8. The summed E-state index contributed by atoms with van der Waals surface area (Å²) >= 11 is 18.7. The first-order valence-corrected chi connectivity index (χ1v) is 8.37. The van der Waals surface area contributed by atoms with Gasteiger partial charge in [0.25, 0.3) is 5.91 Å². The molecule has 1 heterocycles. The first-order valence-electron chi connectivity index (χ1n) is 7.24. The Hall–Kier alpha value is -2.27. The lowest BCUT2D eigenvalue weighted by Gasteiger charge is -2.18. The fraction of sp³-hybridized carbons (Fsp3) is 0. The van der Waals surface area contributed by atoms with Crippen molar-refractivity contribution in [3.8, 4) is 0 Å². The summed E-state index contributed by atoms with van der Waals surface area (Å²) in [6, 6.07) is 14.4. The molecule has 1 aliphatic rings. The molecular formula is C18H12Cl3N3O. The lowest BCUT2D eigenvalue weighted by atomic mass is 9.99. The number of nitrogens with one attached hydrogen (secondary N) is 1. The van der Waals surface area contributed by atoms with E-state index >= 15 is 0 Å². The molecule has 3 N–H and O–H groups in total. The lowest BCUT2D eigenvalue weighted by molar-refractivity contribution is -0.112. The van der Waals surface area contributed by atoms with Gasteiger partial charge in [-0.1, -0.05) is 71.2 Å². The highest BCUT2D eigenvalue weighted by molar-refractivity contribution is 6.76. The van der Waals surface area contributed by atoms with Crippen LogP contribution in [0.15, 0.2) is 65.4 Å². The van der Waals surface area contributed by atoms with Crippen LogP contribution in [0, 0.1) is 0 Å². The van der Waals surface area contributed by atoms with Gasteiger partial charge in [-0.15, -0.1) is 0 Å². The van der Waals surface area contributed by atoms with Crippen molar-refractivity contribution in [2.24, 2.45) is 10.8 Å². The minimum absolute atomic E-state index is 0.136. The van der Waals surface area contributed by atoms with Crippen LogP contribution in [0.3, 0.4) is 0 Å². The highest BCUT2D eigenvalue weighted by Gasteiger charge is 2.23. The Bertz CT molecular complexity index is 914. The first-order chi connectivity index (χ1) is 12.0. The molecule has 1 aliphatic heterocycles. The number of carbonyl (C=O) groups excluding carboxylic acids is 1. The summed E-state index contributed by atoms with van der Waals surface area (Å²) < 4.78 is 0. The van der Waals surface area contributed by atoms with Gasteiger partial charge in [-0.3, -0.25) is 10.2 Å². The van der Waals surface area contributed by atoms with Crippen LogP contribution in [0.25, 0.3) is 11.1 Å². The molecule has 2 aromatic carbocycles. The Morgan fingerprint density at radius 3 is 2.20 bits per heavy atom. The molecule has 4 nitrogen and oxygen atoms in total. The molecule has 0 aromatic heterocycles. The predicted octanol–water partition coefficient (Wildman–Crippen LogP) is 4.43. The van der Waals surface area contributed by atoms with E-state index in [4.69, 9.17) is 40.5 Å². The topological polar surface area (TPSA) is 67.5 Å². The number of nitrogens with two attached hydrogens (primary N) is 1. The van der Waals surface area contributed by atoms with Gasteiger partial charge >= 0.3 is 0 Å². The van der Waals surface area contributed by atoms with Crippen molar-refractivity contribution >= 4 is 57.0 Å². The molecule has 126 valence electrons. The third-order valence-corrected chi connectivity index (χ3v) is 4.52. The van der Waals surface area contributed by atoms with E-state index in [0.29, 0.717) is 26.9 Å². The zero-order chi connectivity index (χ0) is 18.0. The molecule has 0 saturated carbocycles. The van der Waals surface area contributed by atoms with Gasteiger partial charge in [0.15, 0.2) is 5.17 Å². The molecule has 0 saturated heterocycles. The summed E-state index contributed by atoms with van der Waals surface area (Å²) in [4.78, 5) is 12.1. The Morgan fingerprint density at radius 1 is 0.960 bits per heavy atom. The Morgan fingerprint density at radius 2 is 1.60 bits per heavy atom. The summed E-state index contributed by atoms with van der Waals surface area (Å²) in [5.41, 5.74) is 10.7. The largest absolute Gasteiger partial charge is 0.366 e. The van der Waals surface area contributed by atoms with Crippen molar-refractivity contribution < 1.29 is 4.79 Å². The fourth-order valence-electron chi connectivity index (χ4n) is 2.48. The third kappa shape index (κ3) is 3.56. The van der Waals surface area contributed by atoms with Crippen LogP contribution in [0.5, 0.6) is 0 Å². The quantitative estimate of drug-likeness (QED) is 0.759. The van der Waals surface area contributed by atoms with Gasteiger partial charge in [-0.25, -0.2) is 0 Å². The van der Waals surface area contributed by atoms with Crippen molar-refractivity contribution in [2.45, 2.75) is 0 Å². The van der Waals surface area contributed by atoms with Crippen molar-refractivity contribution in [3.05, 3.63) is 81.5 Å². The van der Waals surface area contributed by atoms with Crippen LogP contribution in [-0.4, -0.2) is 11.1 Å². The van der Waals surface area contributed by atoms with Gasteiger partial charge < -0.3 is 5.73 Å². The highest BCUT2D eigenvalue weighted by atomic mass is 35.5. The molecule has 0 spiro atoms. The standard InChI is InChI=1S/C18H12Cl3N3O/c19-12-7-4-8-13(20)15(12)16(18(22)25)14-9-11(17(21)24-23-14)10-5-2-1-3-6-10/h1-9,23H,(H2,22,25)/b16-14-. The maximum Gasteiger partial charge on any atom is 0.251 e. The minimum Gasteiger partial charge on any atom is -0.366 e. The van der Waals surface area contributed by atoms with E-state index in [1.165, 1.54) is 0 Å². The van der Waals surface area contributed by atoms with Gasteiger partial charge in [0.1, 0.15) is 0 Å². The average molecular weight is 393 g/mol. The molecule has 25 heavy (non-hydrogen) atoms. The maximum atomic E-state index is 12.1. The van der Waals surface area contributed by atoms with E-state index in [9.17, 15) is 4.79 Å². The summed E-state index contributed by atoms with van der Waals surface area (Å²) in [6.07, 6.45) is 1.70. The number of benzene rings is 2. The van der Waals surface area contributed by atoms with Crippen LogP contribution in [0.2, 0.25) is 10.0 Å². The molecule has 0 atom stereocenters. The third-order valence-electron chi connectivity index (χ3n) is 3.60. The van der Waals surface area contributed by atoms with E-state index in [-0.39, 0.29) is 10.7 Å². The zero-order valence-electron chi connectivity index (χ0n) is 12.8. The van der Waals surface area contributed by atoms with Gasteiger partial charge in [0.2, 0.25) is 0 Å². The summed E-state index contributed by atoms with van der Waals surface area (Å²) in [5, 5.41) is 4.96. The minimum atomic E-state index is -0.686. The molecule has 0 fully saturated rings. The van der Waals surface area contributed by atoms with E-state index in [1.807, 2.05) is 30.3 Å². The molecule has 3 rings (SSSR count). The molecule has 0 aliphatic carbocycles. The van der Waals surface area contributed by atoms with Crippen LogP contribution >= 0.6 is 34.8 Å². The molecule has 2 aromatic rings. The van der Waals surface area contributed by atoms with Crippen molar-refractivity contribution in [2.75, 3.05) is 0 Å². The summed E-state index contributed by atoms with van der Waals surface area (Å²) in [5.74, 6) is -0.686. The van der Waals surface area contributed by atoms with Crippen LogP contribution in [0.1, 0.15) is 11.1 Å². The smallest absolute Gasteiger partial charge is 0.251 e. The number of hydrogen-bond donors (Lipinski definition) is 2. The highest BCUT2D eigenvalue weighted by Crippen LogP contribution is 2.34. The van der Waals surface area contributed by atoms with Gasteiger partial charge in [0, 0.05) is 11.1 Å². The second-order valence-corrected chi connectivity index (χ2v) is 6.36. The molecule has 1 amide bonds. The van der Waals surface area contributed by atoms with E-state index in [2.05, 4.69) is 10.5 Å². The molecule has 0 unspecified atom stereocenters. The molecule has 0 radical (unpaired) electrons. The van der Waals surface area contributed by atoms with Crippen molar-refractivity contribution in [1.82, 2.24) is 5.43 Å².